The van der Waals surface area contributed by atoms with Gasteiger partial charge in [0.2, 0.25) is 11.9 Å². The molecule has 12 aromatic rings. The van der Waals surface area contributed by atoms with Crippen molar-refractivity contribution in [1.29, 1.82) is 0 Å². The molecule has 2 unspecified atom stereocenters. The molecular weight excluding hydrogens is 1030 g/mol. The summed E-state index contributed by atoms with van der Waals surface area (Å²) in [6.45, 7) is 0. The summed E-state index contributed by atoms with van der Waals surface area (Å²) in [6, 6.07) is 90.1. The fraction of sp³-hybridized carbons (Fsp3) is 0. The highest BCUT2D eigenvalue weighted by molar-refractivity contribution is 7.76. The average molecular weight is 1070 g/mol. The third-order valence-corrected chi connectivity index (χ3v) is 20.0. The number of aromatic nitrogens is 6. The molecular formula is C66H46N10O2P2. The van der Waals surface area contributed by atoms with E-state index in [0.29, 0.717) is 45.3 Å². The van der Waals surface area contributed by atoms with Gasteiger partial charge in [-0.3, -0.25) is 18.5 Å². The van der Waals surface area contributed by atoms with E-state index >= 15 is 9.13 Å². The molecule has 0 spiro atoms. The van der Waals surface area contributed by atoms with E-state index in [1.165, 1.54) is 0 Å². The van der Waals surface area contributed by atoms with Crippen molar-refractivity contribution in [1.82, 2.24) is 29.9 Å². The molecule has 80 heavy (non-hydrogen) atoms. The van der Waals surface area contributed by atoms with Crippen LogP contribution in [0.1, 0.15) is 0 Å². The Morgan fingerprint density at radius 3 is 0.738 bits per heavy atom. The number of hydrogen-bond donors (Lipinski definition) is 0. The molecule has 0 radical (unpaired) electrons. The highest BCUT2D eigenvalue weighted by Gasteiger charge is 2.52. The van der Waals surface area contributed by atoms with Crippen molar-refractivity contribution < 1.29 is 9.13 Å². The van der Waals surface area contributed by atoms with Crippen LogP contribution in [0.15, 0.2) is 279 Å². The number of para-hydroxylation sites is 6. The Kier molecular flexibility index (Phi) is 12.1. The summed E-state index contributed by atoms with van der Waals surface area (Å²) in [7, 11) is -7.86. The van der Waals surface area contributed by atoms with Gasteiger partial charge in [0.05, 0.1) is 33.4 Å². The van der Waals surface area contributed by atoms with Crippen LogP contribution in [0.5, 0.6) is 0 Å². The van der Waals surface area contributed by atoms with Crippen LogP contribution in [-0.2, 0) is 9.13 Å². The molecule has 2 aromatic heterocycles. The minimum absolute atomic E-state index is 0.249. The first-order valence-corrected chi connectivity index (χ1v) is 29.3. The molecule has 2 atom stereocenters. The summed E-state index contributed by atoms with van der Waals surface area (Å²) in [6.07, 6.45) is 0. The lowest BCUT2D eigenvalue weighted by Gasteiger charge is -2.32. The van der Waals surface area contributed by atoms with Crippen molar-refractivity contribution in [2.45, 2.75) is 0 Å². The van der Waals surface area contributed by atoms with Crippen molar-refractivity contribution >= 4 is 71.5 Å². The van der Waals surface area contributed by atoms with Crippen LogP contribution >= 0.6 is 14.9 Å². The molecule has 10 aromatic carbocycles. The van der Waals surface area contributed by atoms with E-state index in [-0.39, 0.29) is 11.9 Å². The summed E-state index contributed by atoms with van der Waals surface area (Å²) < 4.78 is 41.5. The highest BCUT2D eigenvalue weighted by atomic mass is 31.2. The number of anilines is 8. The maximum absolute atomic E-state index is 17.0. The quantitative estimate of drug-likeness (QED) is 0.115. The van der Waals surface area contributed by atoms with Gasteiger partial charge < -0.3 is 0 Å². The molecule has 0 amide bonds. The molecule has 0 N–H and O–H groups in total. The zero-order chi connectivity index (χ0) is 53.6. The van der Waals surface area contributed by atoms with Gasteiger partial charge in [0, 0.05) is 33.6 Å². The van der Waals surface area contributed by atoms with Gasteiger partial charge in [-0.1, -0.05) is 206 Å². The second-order valence-electron chi connectivity index (χ2n) is 19.1. The van der Waals surface area contributed by atoms with E-state index in [1.807, 2.05) is 288 Å². The topological polar surface area (TPSA) is 124 Å². The van der Waals surface area contributed by atoms with Gasteiger partial charge in [0.1, 0.15) is 0 Å². The Morgan fingerprint density at radius 1 is 0.225 bits per heavy atom. The number of rotatable bonds is 11. The fourth-order valence-electron chi connectivity index (χ4n) is 10.5. The van der Waals surface area contributed by atoms with Gasteiger partial charge >= 0.3 is 14.9 Å². The van der Waals surface area contributed by atoms with Crippen LogP contribution in [0.4, 0.5) is 46.0 Å². The lowest BCUT2D eigenvalue weighted by Crippen LogP contribution is -2.28. The molecule has 2 aliphatic rings. The summed E-state index contributed by atoms with van der Waals surface area (Å²) in [5.41, 5.74) is 9.30. The second kappa shape index (κ2) is 20.0. The molecule has 0 saturated carbocycles. The number of benzene rings is 10. The fourth-order valence-corrected chi connectivity index (χ4v) is 16.3. The number of fused-ring (bicyclic) bond motifs is 2. The van der Waals surface area contributed by atoms with Crippen LogP contribution < -0.4 is 29.3 Å². The Hall–Kier alpha value is -10.1. The van der Waals surface area contributed by atoms with Crippen LogP contribution in [0.2, 0.25) is 0 Å². The molecule has 0 bridgehead atoms. The van der Waals surface area contributed by atoms with Gasteiger partial charge in [-0.25, -0.2) is 19.3 Å². The van der Waals surface area contributed by atoms with E-state index in [0.717, 1.165) is 56.1 Å². The largest absolute Gasteiger partial charge is 0.304 e. The van der Waals surface area contributed by atoms with Gasteiger partial charge in [0.25, 0.3) is 0 Å². The Bertz CT molecular complexity index is 3930. The van der Waals surface area contributed by atoms with Crippen molar-refractivity contribution in [3.63, 3.8) is 0 Å². The minimum atomic E-state index is -3.93. The molecule has 14 rings (SSSR count). The molecule has 382 valence electrons. The third kappa shape index (κ3) is 8.25. The van der Waals surface area contributed by atoms with Crippen LogP contribution in [-0.4, -0.2) is 29.9 Å². The minimum Gasteiger partial charge on any atom is -0.270 e. The van der Waals surface area contributed by atoms with Crippen LogP contribution in [0.25, 0.3) is 56.7 Å². The van der Waals surface area contributed by atoms with E-state index in [4.69, 9.17) is 29.9 Å². The Morgan fingerprint density at radius 2 is 0.463 bits per heavy atom. The highest BCUT2D eigenvalue weighted by Crippen LogP contribution is 2.71. The monoisotopic (exact) mass is 1070 g/mol. The van der Waals surface area contributed by atoms with E-state index in [1.54, 1.807) is 9.34 Å². The van der Waals surface area contributed by atoms with E-state index in [2.05, 4.69) is 0 Å². The summed E-state index contributed by atoms with van der Waals surface area (Å²) >= 11 is 0. The lowest BCUT2D eigenvalue weighted by molar-refractivity contribution is 0.581. The van der Waals surface area contributed by atoms with Gasteiger partial charge in [-0.15, -0.1) is 0 Å². The maximum Gasteiger partial charge on any atom is 0.304 e. The first kappa shape index (κ1) is 48.3. The summed E-state index contributed by atoms with van der Waals surface area (Å²) in [5.74, 6) is 2.32. The lowest BCUT2D eigenvalue weighted by atomic mass is 10.1. The smallest absolute Gasteiger partial charge is 0.270 e. The van der Waals surface area contributed by atoms with Crippen molar-refractivity contribution in [2.24, 2.45) is 0 Å². The number of nitrogens with zero attached hydrogens (tertiary/aromatic N) is 10. The first-order valence-electron chi connectivity index (χ1n) is 26.1. The first-order chi connectivity index (χ1) is 39.4. The standard InChI is InChI=1S/C66H46N10O2P2/c77-79(73(53-31-15-5-16-32-53)57-35-19-21-37-59(57)75(79)65-69-61(49-23-7-1-8-24-49)67-62(70-65)50-25-9-2-10-26-50)55-43-39-47(40-44-55)48-41-45-56(46-42-48)80(78)74(54-33-17-6-18-34-54)58-36-20-22-38-60(58)76(80)66-71-63(51-27-11-3-12-28-51)68-64(72-66)52-29-13-4-14-30-52/h1-46H. The summed E-state index contributed by atoms with van der Waals surface area (Å²) in [5, 5.41) is 1.12. The summed E-state index contributed by atoms with van der Waals surface area (Å²) in [4.78, 5) is 30.5. The number of hydrogen-bond acceptors (Lipinski definition) is 8. The average Bonchev–Trinajstić information content (AvgIpc) is 4.18. The molecule has 4 heterocycles. The Balaban J connectivity index is 0.891. The molecule has 2 aliphatic heterocycles. The van der Waals surface area contributed by atoms with Crippen LogP contribution in [0.3, 0.4) is 0 Å². The van der Waals surface area contributed by atoms with Gasteiger partial charge in [-0.2, -0.15) is 19.9 Å². The predicted molar refractivity (Wildman–Crippen MR) is 322 cm³/mol. The molecule has 0 aliphatic carbocycles. The van der Waals surface area contributed by atoms with Crippen molar-refractivity contribution in [2.75, 3.05) is 18.7 Å². The predicted octanol–water partition coefficient (Wildman–Crippen LogP) is 16.0. The molecule has 14 heteroatoms. The second-order valence-corrected chi connectivity index (χ2v) is 23.9. The van der Waals surface area contributed by atoms with Gasteiger partial charge in [0.15, 0.2) is 23.3 Å². The van der Waals surface area contributed by atoms with E-state index < -0.39 is 14.9 Å². The van der Waals surface area contributed by atoms with Crippen LogP contribution in [0, 0.1) is 0 Å². The SMILES string of the molecule is O=P1(c2ccc(-c3ccc(P4(=O)N(c5ccccc5)c5ccccc5N4c4nc(-c5ccccc5)nc(-c5ccccc5)n4)cc3)cc2)N(c2ccccc2)c2ccccc2N1c1nc(-c2ccccc2)nc(-c2ccccc2)n1. The van der Waals surface area contributed by atoms with Gasteiger partial charge in [-0.05, 0) is 83.9 Å². The normalized spacial score (nSPS) is 16.4. The maximum atomic E-state index is 17.0. The van der Waals surface area contributed by atoms with Crippen molar-refractivity contribution in [3.8, 4) is 56.7 Å². The molecule has 0 saturated heterocycles. The zero-order valence-electron chi connectivity index (χ0n) is 42.7. The molecule has 12 nitrogen and oxygen atoms in total. The third-order valence-electron chi connectivity index (χ3n) is 14.3. The zero-order valence-corrected chi connectivity index (χ0v) is 44.5. The Labute approximate surface area is 462 Å². The van der Waals surface area contributed by atoms with Crippen molar-refractivity contribution in [3.05, 3.63) is 279 Å². The van der Waals surface area contributed by atoms with E-state index in [9.17, 15) is 0 Å². The molecule has 0 fully saturated rings.